The van der Waals surface area contributed by atoms with Gasteiger partial charge in [0.25, 0.3) is 5.91 Å². The molecule has 1 N–H and O–H groups in total. The third kappa shape index (κ3) is 3.52. The van der Waals surface area contributed by atoms with E-state index in [2.05, 4.69) is 21.2 Å². The van der Waals surface area contributed by atoms with Gasteiger partial charge in [0.15, 0.2) is 6.61 Å². The molecule has 1 aromatic heterocycles. The third-order valence-corrected chi connectivity index (χ3v) is 5.46. The minimum Gasteiger partial charge on any atom is -0.484 e. The van der Waals surface area contributed by atoms with Crippen molar-refractivity contribution in [1.29, 1.82) is 0 Å². The summed E-state index contributed by atoms with van der Waals surface area (Å²) in [6, 6.07) is 10.9. The number of fused-ring (bicyclic) bond motifs is 1. The highest BCUT2D eigenvalue weighted by Gasteiger charge is 2.08. The number of aryl methyl sites for hydroxylation is 2. The van der Waals surface area contributed by atoms with Crippen LogP contribution < -0.4 is 14.9 Å². The Morgan fingerprint density at radius 2 is 2.08 bits per heavy atom. The average molecular weight is 407 g/mol. The van der Waals surface area contributed by atoms with Gasteiger partial charge in [0.05, 0.1) is 10.2 Å². The van der Waals surface area contributed by atoms with Crippen molar-refractivity contribution in [2.45, 2.75) is 6.92 Å². The average Bonchev–Trinajstić information content (AvgIpc) is 2.83. The normalized spacial score (nSPS) is 10.8. The summed E-state index contributed by atoms with van der Waals surface area (Å²) in [5, 5.41) is 2.78. The molecule has 0 radical (unpaired) electrons. The number of hydrogen-bond donors (Lipinski definition) is 1. The number of benzene rings is 2. The number of carbonyl (C=O) groups is 1. The van der Waals surface area contributed by atoms with Crippen LogP contribution in [0.15, 0.2) is 45.7 Å². The van der Waals surface area contributed by atoms with Crippen LogP contribution in [-0.2, 0) is 11.8 Å². The van der Waals surface area contributed by atoms with Crippen LogP contribution in [0.4, 0.5) is 5.69 Å². The number of nitrogens with zero attached hydrogens (tertiary/aromatic N) is 1. The lowest BCUT2D eigenvalue weighted by Crippen LogP contribution is -2.20. The van der Waals surface area contributed by atoms with Gasteiger partial charge in [-0.2, -0.15) is 0 Å². The lowest BCUT2D eigenvalue weighted by molar-refractivity contribution is -0.118. The molecule has 5 nitrogen and oxygen atoms in total. The molecule has 124 valence electrons. The lowest BCUT2D eigenvalue weighted by Gasteiger charge is -2.09. The second-order valence-electron chi connectivity index (χ2n) is 5.36. The van der Waals surface area contributed by atoms with Crippen LogP contribution in [0.1, 0.15) is 5.56 Å². The summed E-state index contributed by atoms with van der Waals surface area (Å²) < 4.78 is 8.92. The number of rotatable bonds is 4. The number of hydrogen-bond acceptors (Lipinski definition) is 4. The number of nitrogens with one attached hydrogen (secondary N) is 1. The molecule has 0 spiro atoms. The van der Waals surface area contributed by atoms with Gasteiger partial charge in [0.1, 0.15) is 5.75 Å². The van der Waals surface area contributed by atoms with Crippen molar-refractivity contribution in [1.82, 2.24) is 4.57 Å². The van der Waals surface area contributed by atoms with E-state index in [-0.39, 0.29) is 17.4 Å². The maximum absolute atomic E-state index is 12.0. The maximum atomic E-state index is 12.0. The molecule has 0 aliphatic heterocycles. The first kappa shape index (κ1) is 16.7. The van der Waals surface area contributed by atoms with Gasteiger partial charge >= 0.3 is 4.87 Å². The predicted octanol–water partition coefficient (Wildman–Crippen LogP) is 3.69. The summed E-state index contributed by atoms with van der Waals surface area (Å²) in [6.07, 6.45) is 0. The van der Waals surface area contributed by atoms with Crippen molar-refractivity contribution in [3.8, 4) is 5.75 Å². The quantitative estimate of drug-likeness (QED) is 0.718. The zero-order chi connectivity index (χ0) is 17.3. The summed E-state index contributed by atoms with van der Waals surface area (Å²) in [4.78, 5) is 23.7. The molecule has 0 atom stereocenters. The summed E-state index contributed by atoms with van der Waals surface area (Å²) in [6.45, 7) is 1.88. The number of halogens is 1. The molecule has 2 aromatic carbocycles. The molecular weight excluding hydrogens is 392 g/mol. The smallest absolute Gasteiger partial charge is 0.307 e. The first-order valence-electron chi connectivity index (χ1n) is 7.22. The Kier molecular flexibility index (Phi) is 4.73. The van der Waals surface area contributed by atoms with E-state index in [1.807, 2.05) is 25.1 Å². The Morgan fingerprint density at radius 3 is 2.83 bits per heavy atom. The third-order valence-electron chi connectivity index (χ3n) is 3.58. The van der Waals surface area contributed by atoms with Crippen LogP contribution in [-0.4, -0.2) is 17.1 Å². The molecule has 0 aliphatic rings. The largest absolute Gasteiger partial charge is 0.484 e. The van der Waals surface area contributed by atoms with Gasteiger partial charge in [-0.05, 0) is 48.9 Å². The molecule has 0 bridgehead atoms. The maximum Gasteiger partial charge on any atom is 0.307 e. The van der Waals surface area contributed by atoms with Crippen molar-refractivity contribution in [3.05, 3.63) is 56.1 Å². The van der Waals surface area contributed by atoms with Crippen LogP contribution >= 0.6 is 27.3 Å². The van der Waals surface area contributed by atoms with E-state index in [1.165, 1.54) is 0 Å². The van der Waals surface area contributed by atoms with Crippen molar-refractivity contribution in [3.63, 3.8) is 0 Å². The molecule has 3 rings (SSSR count). The first-order valence-corrected chi connectivity index (χ1v) is 8.83. The van der Waals surface area contributed by atoms with Crippen LogP contribution in [0.25, 0.3) is 10.2 Å². The molecule has 1 amide bonds. The van der Waals surface area contributed by atoms with Gasteiger partial charge in [-0.3, -0.25) is 9.59 Å². The molecule has 0 saturated heterocycles. The molecule has 24 heavy (non-hydrogen) atoms. The standard InChI is InChI=1S/C17H15BrN2O3S/c1-10-7-12(4-5-13(10)18)23-9-16(21)19-11-3-6-14-15(8-11)24-17(22)20(14)2/h3-8H,9H2,1-2H3,(H,19,21). The molecule has 0 fully saturated rings. The molecule has 0 saturated carbocycles. The van der Waals surface area contributed by atoms with Crippen molar-refractivity contribution in [2.75, 3.05) is 11.9 Å². The number of aromatic nitrogens is 1. The number of carbonyl (C=O) groups excluding carboxylic acids is 1. The number of ether oxygens (including phenoxy) is 1. The number of anilines is 1. The molecule has 7 heteroatoms. The van der Waals surface area contributed by atoms with Gasteiger partial charge < -0.3 is 14.6 Å². The predicted molar refractivity (Wildman–Crippen MR) is 100 cm³/mol. The monoisotopic (exact) mass is 406 g/mol. The fourth-order valence-electron chi connectivity index (χ4n) is 2.26. The fraction of sp³-hybridized carbons (Fsp3) is 0.176. The second-order valence-corrected chi connectivity index (χ2v) is 7.20. The summed E-state index contributed by atoms with van der Waals surface area (Å²) >= 11 is 4.58. The van der Waals surface area contributed by atoms with E-state index in [9.17, 15) is 9.59 Å². The second kappa shape index (κ2) is 6.78. The van der Waals surface area contributed by atoms with Gasteiger partial charge in [-0.1, -0.05) is 27.3 Å². The minimum atomic E-state index is -0.252. The Labute approximate surface area is 151 Å². The highest BCUT2D eigenvalue weighted by Crippen LogP contribution is 2.22. The van der Waals surface area contributed by atoms with Crippen molar-refractivity contribution in [2.24, 2.45) is 7.05 Å². The Hall–Kier alpha value is -2.12. The number of amides is 1. The van der Waals surface area contributed by atoms with Gasteiger partial charge in [0.2, 0.25) is 0 Å². The minimum absolute atomic E-state index is 0.0255. The van der Waals surface area contributed by atoms with E-state index in [1.54, 1.807) is 29.8 Å². The molecule has 3 aromatic rings. The Balaban J connectivity index is 1.66. The van der Waals surface area contributed by atoms with E-state index in [0.717, 1.165) is 31.6 Å². The van der Waals surface area contributed by atoms with E-state index >= 15 is 0 Å². The Bertz CT molecular complexity index is 978. The van der Waals surface area contributed by atoms with Gasteiger partial charge in [-0.15, -0.1) is 0 Å². The molecule has 0 unspecified atom stereocenters. The van der Waals surface area contributed by atoms with Gasteiger partial charge in [0, 0.05) is 17.2 Å². The molecular formula is C17H15BrN2O3S. The van der Waals surface area contributed by atoms with Crippen molar-refractivity contribution < 1.29 is 9.53 Å². The highest BCUT2D eigenvalue weighted by molar-refractivity contribution is 9.10. The van der Waals surface area contributed by atoms with E-state index in [4.69, 9.17) is 4.74 Å². The summed E-state index contributed by atoms with van der Waals surface area (Å²) in [5.74, 6) is 0.390. The lowest BCUT2D eigenvalue weighted by atomic mass is 10.2. The zero-order valence-corrected chi connectivity index (χ0v) is 15.5. The molecule has 0 aliphatic carbocycles. The van der Waals surface area contributed by atoms with Crippen LogP contribution in [0.5, 0.6) is 5.75 Å². The molecule has 1 heterocycles. The summed E-state index contributed by atoms with van der Waals surface area (Å²) in [5.41, 5.74) is 2.53. The van der Waals surface area contributed by atoms with Gasteiger partial charge in [-0.25, -0.2) is 0 Å². The number of thiazole rings is 1. The van der Waals surface area contributed by atoms with E-state index in [0.29, 0.717) is 11.4 Å². The Morgan fingerprint density at radius 1 is 1.29 bits per heavy atom. The zero-order valence-electron chi connectivity index (χ0n) is 13.1. The fourth-order valence-corrected chi connectivity index (χ4v) is 3.43. The van der Waals surface area contributed by atoms with Crippen LogP contribution in [0.3, 0.4) is 0 Å². The van der Waals surface area contributed by atoms with Crippen LogP contribution in [0, 0.1) is 6.92 Å². The van der Waals surface area contributed by atoms with Crippen molar-refractivity contribution >= 4 is 49.1 Å². The SMILES string of the molecule is Cc1cc(OCC(=O)Nc2ccc3c(c2)sc(=O)n3C)ccc1Br. The highest BCUT2D eigenvalue weighted by atomic mass is 79.9. The summed E-state index contributed by atoms with van der Waals surface area (Å²) in [7, 11) is 1.73. The van der Waals surface area contributed by atoms with E-state index < -0.39 is 0 Å². The van der Waals surface area contributed by atoms with Crippen LogP contribution in [0.2, 0.25) is 0 Å². The topological polar surface area (TPSA) is 60.3 Å². The first-order chi connectivity index (χ1) is 11.4.